The van der Waals surface area contributed by atoms with Crippen molar-refractivity contribution in [3.63, 3.8) is 0 Å². The van der Waals surface area contributed by atoms with Gasteiger partial charge in [0.2, 0.25) is 0 Å². The summed E-state index contributed by atoms with van der Waals surface area (Å²) >= 11 is 3.34. The van der Waals surface area contributed by atoms with Gasteiger partial charge in [0, 0.05) is 12.2 Å². The number of ether oxygens (including phenoxy) is 1. The van der Waals surface area contributed by atoms with E-state index in [-0.39, 0.29) is 11.7 Å². The quantitative estimate of drug-likeness (QED) is 0.684. The molecule has 1 atom stereocenters. The average molecular weight is 302 g/mol. The normalized spacial score (nSPS) is 19.3. The average Bonchev–Trinajstić information content (AvgIpc) is 2.77. The molecule has 2 rings (SSSR count). The van der Waals surface area contributed by atoms with Gasteiger partial charge in [-0.1, -0.05) is 0 Å². The Labute approximate surface area is 107 Å². The van der Waals surface area contributed by atoms with Crippen molar-refractivity contribution in [2.24, 2.45) is 0 Å². The summed E-state index contributed by atoms with van der Waals surface area (Å²) in [6, 6.07) is 0.222. The first kappa shape index (κ1) is 12.3. The van der Waals surface area contributed by atoms with Crippen LogP contribution in [-0.4, -0.2) is 29.2 Å². The second-order valence-electron chi connectivity index (χ2n) is 3.89. The summed E-state index contributed by atoms with van der Waals surface area (Å²) in [7, 11) is 0. The molecule has 1 aliphatic heterocycles. The van der Waals surface area contributed by atoms with Crippen molar-refractivity contribution in [2.75, 3.05) is 18.5 Å². The standard InChI is InChI=1S/C10H12BrN3O3/c1-6-8(14(15)16)4-12-10(9(6)11)13-7-2-3-17-5-7/h4,7H,2-3,5H2,1H3,(H,12,13). The molecule has 1 aromatic rings. The van der Waals surface area contributed by atoms with Crippen molar-refractivity contribution < 1.29 is 9.66 Å². The minimum Gasteiger partial charge on any atom is -0.379 e. The number of nitrogens with one attached hydrogen (secondary N) is 1. The largest absolute Gasteiger partial charge is 0.379 e. The smallest absolute Gasteiger partial charge is 0.291 e. The van der Waals surface area contributed by atoms with Gasteiger partial charge in [0.1, 0.15) is 12.0 Å². The molecular formula is C10H12BrN3O3. The van der Waals surface area contributed by atoms with Gasteiger partial charge in [-0.05, 0) is 29.3 Å². The summed E-state index contributed by atoms with van der Waals surface area (Å²) < 4.78 is 5.89. The van der Waals surface area contributed by atoms with Crippen LogP contribution in [0.4, 0.5) is 11.5 Å². The first-order valence-electron chi connectivity index (χ1n) is 5.23. The molecule has 0 aliphatic carbocycles. The lowest BCUT2D eigenvalue weighted by molar-refractivity contribution is -0.385. The molecule has 0 spiro atoms. The third-order valence-electron chi connectivity index (χ3n) is 2.70. The van der Waals surface area contributed by atoms with Gasteiger partial charge in [-0.25, -0.2) is 4.98 Å². The molecular weight excluding hydrogens is 290 g/mol. The number of hydrogen-bond donors (Lipinski definition) is 1. The monoisotopic (exact) mass is 301 g/mol. The molecule has 1 fully saturated rings. The fraction of sp³-hybridized carbons (Fsp3) is 0.500. The molecule has 0 amide bonds. The van der Waals surface area contributed by atoms with E-state index in [2.05, 4.69) is 26.2 Å². The first-order valence-corrected chi connectivity index (χ1v) is 6.02. The third-order valence-corrected chi connectivity index (χ3v) is 3.67. The first-order chi connectivity index (χ1) is 8.09. The molecule has 1 N–H and O–H groups in total. The Morgan fingerprint density at radius 3 is 3.06 bits per heavy atom. The lowest BCUT2D eigenvalue weighted by atomic mass is 10.2. The molecule has 1 aliphatic rings. The number of nitrogens with zero attached hydrogens (tertiary/aromatic N) is 2. The van der Waals surface area contributed by atoms with Gasteiger partial charge >= 0.3 is 0 Å². The number of aromatic nitrogens is 1. The molecule has 92 valence electrons. The number of anilines is 1. The van der Waals surface area contributed by atoms with Crippen LogP contribution < -0.4 is 5.32 Å². The zero-order valence-electron chi connectivity index (χ0n) is 9.27. The van der Waals surface area contributed by atoms with Crippen LogP contribution in [0.15, 0.2) is 10.7 Å². The lowest BCUT2D eigenvalue weighted by Gasteiger charge is -2.13. The van der Waals surface area contributed by atoms with E-state index in [4.69, 9.17) is 4.74 Å². The SMILES string of the molecule is Cc1c([N+](=O)[O-])cnc(NC2CCOC2)c1Br. The maximum Gasteiger partial charge on any atom is 0.291 e. The predicted octanol–water partition coefficient (Wildman–Crippen LogP) is 2.26. The van der Waals surface area contributed by atoms with E-state index >= 15 is 0 Å². The fourth-order valence-electron chi connectivity index (χ4n) is 1.70. The zero-order valence-corrected chi connectivity index (χ0v) is 10.9. The number of halogens is 1. The van der Waals surface area contributed by atoms with Gasteiger partial charge in [-0.15, -0.1) is 0 Å². The van der Waals surface area contributed by atoms with E-state index in [0.29, 0.717) is 22.5 Å². The Bertz CT molecular complexity index is 447. The summed E-state index contributed by atoms with van der Waals surface area (Å²) in [6.07, 6.45) is 2.20. The van der Waals surface area contributed by atoms with E-state index in [1.54, 1.807) is 6.92 Å². The Morgan fingerprint density at radius 2 is 2.47 bits per heavy atom. The Hall–Kier alpha value is -1.21. The number of hydrogen-bond acceptors (Lipinski definition) is 5. The zero-order chi connectivity index (χ0) is 12.4. The highest BCUT2D eigenvalue weighted by molar-refractivity contribution is 9.10. The summed E-state index contributed by atoms with van der Waals surface area (Å²) in [5.74, 6) is 0.628. The summed E-state index contributed by atoms with van der Waals surface area (Å²) in [4.78, 5) is 14.4. The highest BCUT2D eigenvalue weighted by Gasteiger charge is 2.21. The molecule has 1 aromatic heterocycles. The van der Waals surface area contributed by atoms with Gasteiger partial charge in [0.25, 0.3) is 5.69 Å². The minimum atomic E-state index is -0.435. The van der Waals surface area contributed by atoms with E-state index in [9.17, 15) is 10.1 Å². The van der Waals surface area contributed by atoms with E-state index in [0.717, 1.165) is 13.0 Å². The van der Waals surface area contributed by atoms with E-state index in [1.807, 2.05) is 0 Å². The third kappa shape index (κ3) is 2.55. The van der Waals surface area contributed by atoms with Crippen LogP contribution in [0.3, 0.4) is 0 Å². The topological polar surface area (TPSA) is 77.3 Å². The van der Waals surface area contributed by atoms with Gasteiger partial charge in [0.05, 0.1) is 22.0 Å². The fourth-order valence-corrected chi connectivity index (χ4v) is 2.12. The van der Waals surface area contributed by atoms with Crippen LogP contribution >= 0.6 is 15.9 Å². The van der Waals surface area contributed by atoms with Gasteiger partial charge in [0.15, 0.2) is 0 Å². The molecule has 0 bridgehead atoms. The highest BCUT2D eigenvalue weighted by Crippen LogP contribution is 2.31. The van der Waals surface area contributed by atoms with Crippen LogP contribution in [0.25, 0.3) is 0 Å². The molecule has 0 radical (unpaired) electrons. The van der Waals surface area contributed by atoms with E-state index in [1.165, 1.54) is 6.20 Å². The Balaban J connectivity index is 2.23. The number of nitro groups is 1. The van der Waals surface area contributed by atoms with Crippen molar-refractivity contribution in [3.05, 3.63) is 26.3 Å². The summed E-state index contributed by atoms with van der Waals surface area (Å²) in [5.41, 5.74) is 0.594. The van der Waals surface area contributed by atoms with E-state index < -0.39 is 4.92 Å². The van der Waals surface area contributed by atoms with Crippen molar-refractivity contribution in [3.8, 4) is 0 Å². The van der Waals surface area contributed by atoms with Crippen molar-refractivity contribution >= 4 is 27.4 Å². The van der Waals surface area contributed by atoms with Gasteiger partial charge in [-0.3, -0.25) is 10.1 Å². The maximum absolute atomic E-state index is 10.7. The summed E-state index contributed by atoms with van der Waals surface area (Å²) in [6.45, 7) is 3.08. The molecule has 2 heterocycles. The molecule has 0 aromatic carbocycles. The second kappa shape index (κ2) is 4.97. The summed E-state index contributed by atoms with van der Waals surface area (Å²) in [5, 5.41) is 13.9. The van der Waals surface area contributed by atoms with Crippen LogP contribution in [0, 0.1) is 17.0 Å². The number of rotatable bonds is 3. The van der Waals surface area contributed by atoms with Crippen LogP contribution in [-0.2, 0) is 4.74 Å². The molecule has 0 saturated carbocycles. The predicted molar refractivity (Wildman–Crippen MR) is 66.2 cm³/mol. The Morgan fingerprint density at radius 1 is 1.71 bits per heavy atom. The lowest BCUT2D eigenvalue weighted by Crippen LogP contribution is -2.20. The molecule has 1 unspecified atom stereocenters. The minimum absolute atomic E-state index is 0.0186. The van der Waals surface area contributed by atoms with Crippen LogP contribution in [0.1, 0.15) is 12.0 Å². The molecule has 6 nitrogen and oxygen atoms in total. The second-order valence-corrected chi connectivity index (χ2v) is 4.69. The molecule has 1 saturated heterocycles. The van der Waals surface area contributed by atoms with Crippen molar-refractivity contribution in [1.29, 1.82) is 0 Å². The molecule has 7 heteroatoms. The van der Waals surface area contributed by atoms with Crippen molar-refractivity contribution in [2.45, 2.75) is 19.4 Å². The van der Waals surface area contributed by atoms with Crippen molar-refractivity contribution in [1.82, 2.24) is 4.98 Å². The van der Waals surface area contributed by atoms with Crippen LogP contribution in [0.2, 0.25) is 0 Å². The Kier molecular flexibility index (Phi) is 3.58. The van der Waals surface area contributed by atoms with Crippen LogP contribution in [0.5, 0.6) is 0 Å². The van der Waals surface area contributed by atoms with Gasteiger partial charge < -0.3 is 10.1 Å². The van der Waals surface area contributed by atoms with Gasteiger partial charge in [-0.2, -0.15) is 0 Å². The molecule has 17 heavy (non-hydrogen) atoms. The number of pyridine rings is 1. The highest BCUT2D eigenvalue weighted by atomic mass is 79.9. The maximum atomic E-state index is 10.7.